The number of hydrogen-bond donors (Lipinski definition) is 1. The molecule has 0 heterocycles. The van der Waals surface area contributed by atoms with E-state index in [0.717, 1.165) is 0 Å². The SMILES string of the molecule is COCC(=O)C(=O)N[C@@H](CCC(=O)C=[N+]=[N-])C(=O)OC(C)C. The number of rotatable bonds is 10. The zero-order valence-electron chi connectivity index (χ0n) is 12.7. The molecule has 1 N–H and O–H groups in total. The molecule has 0 aromatic carbocycles. The number of esters is 1. The third-order valence-electron chi connectivity index (χ3n) is 2.35. The zero-order chi connectivity index (χ0) is 17.1. The summed E-state index contributed by atoms with van der Waals surface area (Å²) >= 11 is 0. The molecule has 0 aliphatic heterocycles. The van der Waals surface area contributed by atoms with Gasteiger partial charge in [-0.05, 0) is 20.3 Å². The van der Waals surface area contributed by atoms with Crippen LogP contribution in [0.25, 0.3) is 5.53 Å². The van der Waals surface area contributed by atoms with Gasteiger partial charge in [-0.1, -0.05) is 0 Å². The Hall–Kier alpha value is -2.38. The molecule has 0 aromatic rings. The number of amides is 1. The van der Waals surface area contributed by atoms with Crippen molar-refractivity contribution in [1.82, 2.24) is 5.32 Å². The van der Waals surface area contributed by atoms with E-state index in [1.807, 2.05) is 0 Å². The van der Waals surface area contributed by atoms with Crippen molar-refractivity contribution < 1.29 is 33.4 Å². The molecule has 0 aliphatic rings. The van der Waals surface area contributed by atoms with E-state index >= 15 is 0 Å². The number of carbonyl (C=O) groups excluding carboxylic acids is 4. The van der Waals surface area contributed by atoms with Gasteiger partial charge in [0.25, 0.3) is 5.91 Å². The van der Waals surface area contributed by atoms with Gasteiger partial charge in [0.2, 0.25) is 11.6 Å². The average molecular weight is 313 g/mol. The van der Waals surface area contributed by atoms with Crippen molar-refractivity contribution in [3.8, 4) is 0 Å². The Bertz CT molecular complexity index is 482. The van der Waals surface area contributed by atoms with E-state index in [1.54, 1.807) is 13.8 Å². The summed E-state index contributed by atoms with van der Waals surface area (Å²) in [5, 5.41) is 2.20. The normalized spacial score (nSPS) is 11.3. The molecule has 9 nitrogen and oxygen atoms in total. The largest absolute Gasteiger partial charge is 0.461 e. The first-order chi connectivity index (χ1) is 10.3. The maximum atomic E-state index is 11.9. The van der Waals surface area contributed by atoms with E-state index in [0.29, 0.717) is 6.21 Å². The van der Waals surface area contributed by atoms with Crippen LogP contribution in [0, 0.1) is 0 Å². The summed E-state index contributed by atoms with van der Waals surface area (Å²) in [5.74, 6) is -3.16. The van der Waals surface area contributed by atoms with Crippen LogP contribution in [-0.2, 0) is 28.7 Å². The number of ether oxygens (including phenoxy) is 2. The number of methoxy groups -OCH3 is 1. The van der Waals surface area contributed by atoms with Crippen LogP contribution in [0.5, 0.6) is 0 Å². The van der Waals surface area contributed by atoms with Crippen LogP contribution < -0.4 is 5.32 Å². The summed E-state index contributed by atoms with van der Waals surface area (Å²) in [7, 11) is 1.25. The van der Waals surface area contributed by atoms with Crippen LogP contribution in [0.1, 0.15) is 26.7 Å². The van der Waals surface area contributed by atoms with Crippen LogP contribution in [0.4, 0.5) is 0 Å². The smallest absolute Gasteiger partial charge is 0.328 e. The summed E-state index contributed by atoms with van der Waals surface area (Å²) in [4.78, 5) is 48.6. The van der Waals surface area contributed by atoms with Crippen LogP contribution in [-0.4, -0.2) is 60.3 Å². The molecule has 0 saturated heterocycles. The standard InChI is InChI=1S/C13H19N3O6/c1-8(2)22-13(20)10(5-4-9(17)6-15-14)16-12(19)11(18)7-21-3/h6,8,10H,4-5,7H2,1-3H3,(H,16,19)/t10-/m0/s1. The number of carbonyl (C=O) groups is 4. The van der Waals surface area contributed by atoms with Crippen LogP contribution in [0.3, 0.4) is 0 Å². The molecule has 0 aliphatic carbocycles. The predicted octanol–water partition coefficient (Wildman–Crippen LogP) is -0.712. The second-order valence-electron chi connectivity index (χ2n) is 4.62. The fourth-order valence-electron chi connectivity index (χ4n) is 1.41. The van der Waals surface area contributed by atoms with Gasteiger partial charge in [0, 0.05) is 13.5 Å². The van der Waals surface area contributed by atoms with E-state index in [-0.39, 0.29) is 12.8 Å². The van der Waals surface area contributed by atoms with Crippen LogP contribution in [0.15, 0.2) is 0 Å². The summed E-state index contributed by atoms with van der Waals surface area (Å²) in [6.07, 6.45) is 0.00233. The van der Waals surface area contributed by atoms with E-state index in [9.17, 15) is 19.2 Å². The van der Waals surface area contributed by atoms with Crippen molar-refractivity contribution in [3.05, 3.63) is 5.53 Å². The third kappa shape index (κ3) is 8.03. The summed E-state index contributed by atoms with van der Waals surface area (Å²) in [6.45, 7) is 2.82. The molecule has 1 atom stereocenters. The highest BCUT2D eigenvalue weighted by Gasteiger charge is 2.26. The van der Waals surface area contributed by atoms with Crippen LogP contribution >= 0.6 is 0 Å². The number of Topliss-reactive ketones (excluding diaryl/α,β-unsaturated/α-hetero) is 2. The lowest BCUT2D eigenvalue weighted by Crippen LogP contribution is -2.46. The van der Waals surface area contributed by atoms with Crippen molar-refractivity contribution in [2.75, 3.05) is 13.7 Å². The highest BCUT2D eigenvalue weighted by atomic mass is 16.5. The highest BCUT2D eigenvalue weighted by molar-refractivity contribution is 6.37. The maximum Gasteiger partial charge on any atom is 0.328 e. The topological polar surface area (TPSA) is 135 Å². The van der Waals surface area contributed by atoms with Gasteiger partial charge < -0.3 is 20.3 Å². The monoisotopic (exact) mass is 313 g/mol. The molecule has 22 heavy (non-hydrogen) atoms. The fourth-order valence-corrected chi connectivity index (χ4v) is 1.41. The second kappa shape index (κ2) is 10.4. The third-order valence-corrected chi connectivity index (χ3v) is 2.35. The highest BCUT2D eigenvalue weighted by Crippen LogP contribution is 2.03. The first-order valence-electron chi connectivity index (χ1n) is 6.55. The van der Waals surface area contributed by atoms with Crippen molar-refractivity contribution in [2.24, 2.45) is 0 Å². The first-order valence-corrected chi connectivity index (χ1v) is 6.55. The minimum absolute atomic E-state index is 0.0948. The lowest BCUT2D eigenvalue weighted by atomic mass is 10.1. The van der Waals surface area contributed by atoms with E-state index < -0.39 is 42.2 Å². The second-order valence-corrected chi connectivity index (χ2v) is 4.62. The van der Waals surface area contributed by atoms with E-state index in [2.05, 4.69) is 14.8 Å². The number of hydrogen-bond acceptors (Lipinski definition) is 6. The van der Waals surface area contributed by atoms with Gasteiger partial charge in [-0.25, -0.2) is 4.79 Å². The quantitative estimate of drug-likeness (QED) is 0.186. The minimum Gasteiger partial charge on any atom is -0.461 e. The van der Waals surface area contributed by atoms with Crippen molar-refractivity contribution in [3.63, 3.8) is 0 Å². The minimum atomic E-state index is -1.16. The molecule has 0 aromatic heterocycles. The molecular weight excluding hydrogens is 294 g/mol. The fraction of sp³-hybridized carbons (Fsp3) is 0.615. The Morgan fingerprint density at radius 2 is 1.91 bits per heavy atom. The van der Waals surface area contributed by atoms with Crippen molar-refractivity contribution in [1.29, 1.82) is 0 Å². The van der Waals surface area contributed by atoms with Gasteiger partial charge in [-0.3, -0.25) is 14.4 Å². The average Bonchev–Trinajstić information content (AvgIpc) is 2.42. The Balaban J connectivity index is 4.81. The molecular formula is C13H19N3O6. The first kappa shape index (κ1) is 19.6. The molecule has 1 amide bonds. The zero-order valence-corrected chi connectivity index (χ0v) is 12.7. The Morgan fingerprint density at radius 1 is 1.27 bits per heavy atom. The van der Waals surface area contributed by atoms with Gasteiger partial charge in [0.1, 0.15) is 12.6 Å². The summed E-state index contributed by atoms with van der Waals surface area (Å²) in [6, 6.07) is -1.16. The van der Waals surface area contributed by atoms with Crippen LogP contribution in [0.2, 0.25) is 0 Å². The van der Waals surface area contributed by atoms with Gasteiger partial charge in [-0.15, -0.1) is 0 Å². The predicted molar refractivity (Wildman–Crippen MR) is 74.0 cm³/mol. The Morgan fingerprint density at radius 3 is 2.41 bits per heavy atom. The van der Waals surface area contributed by atoms with E-state index in [4.69, 9.17) is 10.3 Å². The summed E-state index contributed by atoms with van der Waals surface area (Å²) < 4.78 is 9.49. The van der Waals surface area contributed by atoms with Crippen molar-refractivity contribution in [2.45, 2.75) is 38.8 Å². The number of nitrogens with one attached hydrogen (secondary N) is 1. The summed E-state index contributed by atoms with van der Waals surface area (Å²) in [5.41, 5.74) is 8.24. The number of nitrogens with zero attached hydrogens (tertiary/aromatic N) is 2. The molecule has 0 unspecified atom stereocenters. The molecule has 0 bridgehead atoms. The van der Waals surface area contributed by atoms with Gasteiger partial charge in [0.05, 0.1) is 6.10 Å². The molecule has 122 valence electrons. The Kier molecular flexibility index (Phi) is 9.24. The lowest BCUT2D eigenvalue weighted by Gasteiger charge is -2.18. The molecule has 0 fully saturated rings. The van der Waals surface area contributed by atoms with Gasteiger partial charge >= 0.3 is 12.2 Å². The maximum absolute atomic E-state index is 11.9. The molecule has 0 rings (SSSR count). The van der Waals surface area contributed by atoms with Gasteiger partial charge in [-0.2, -0.15) is 4.79 Å². The lowest BCUT2D eigenvalue weighted by molar-refractivity contribution is -0.152. The molecule has 0 spiro atoms. The molecule has 0 saturated carbocycles. The number of ketones is 2. The van der Waals surface area contributed by atoms with Crippen molar-refractivity contribution >= 4 is 29.7 Å². The van der Waals surface area contributed by atoms with E-state index in [1.165, 1.54) is 7.11 Å². The molecule has 9 heteroatoms. The molecule has 0 radical (unpaired) electrons. The van der Waals surface area contributed by atoms with Gasteiger partial charge in [0.15, 0.2) is 0 Å². The Labute approximate surface area is 127 Å².